The molecule has 0 spiro atoms. The number of hydrogen-bond acceptors (Lipinski definition) is 6. The molecule has 0 atom stereocenters. The van der Waals surface area contributed by atoms with Crippen molar-refractivity contribution in [1.29, 1.82) is 0 Å². The number of H-pyrrole nitrogens is 1. The zero-order valence-electron chi connectivity index (χ0n) is 15.1. The number of nitrogens with one attached hydrogen (secondary N) is 2. The van der Waals surface area contributed by atoms with Crippen molar-refractivity contribution in [3.63, 3.8) is 0 Å². The fourth-order valence-corrected chi connectivity index (χ4v) is 2.83. The third-order valence-electron chi connectivity index (χ3n) is 4.19. The number of aromatic nitrogens is 3. The first-order valence-electron chi connectivity index (χ1n) is 8.62. The number of nitrogens with zero attached hydrogens (tertiary/aromatic N) is 3. The van der Waals surface area contributed by atoms with E-state index in [0.29, 0.717) is 11.0 Å². The number of hydrogen-bond donors (Lipinski definition) is 2. The molecule has 2 aromatic carbocycles. The Labute approximate surface area is 160 Å². The minimum absolute atomic E-state index is 0.226. The van der Waals surface area contributed by atoms with Crippen molar-refractivity contribution in [1.82, 2.24) is 15.0 Å². The molecule has 2 heterocycles. The SMILES string of the molecule is COc1ccc(-c2ccnc3nc(N/N=C/c4ccccc4)[nH]c(=O)c23)cc1. The van der Waals surface area contributed by atoms with Gasteiger partial charge >= 0.3 is 0 Å². The average molecular weight is 371 g/mol. The zero-order valence-corrected chi connectivity index (χ0v) is 15.1. The minimum atomic E-state index is -0.290. The molecule has 2 N–H and O–H groups in total. The fraction of sp³-hybridized carbons (Fsp3) is 0.0476. The third kappa shape index (κ3) is 3.59. The molecule has 0 aliphatic heterocycles. The Morgan fingerprint density at radius 1 is 1.07 bits per heavy atom. The lowest BCUT2D eigenvalue weighted by atomic mass is 10.0. The molecule has 0 bridgehead atoms. The van der Waals surface area contributed by atoms with Gasteiger partial charge in [-0.1, -0.05) is 42.5 Å². The second-order valence-electron chi connectivity index (χ2n) is 5.98. The van der Waals surface area contributed by atoms with Gasteiger partial charge < -0.3 is 4.74 Å². The Kier molecular flexibility index (Phi) is 4.79. The van der Waals surface area contributed by atoms with Gasteiger partial charge in [0.05, 0.1) is 18.7 Å². The molecule has 138 valence electrons. The molecule has 7 heteroatoms. The molecular formula is C21H17N5O2. The number of fused-ring (bicyclic) bond motifs is 1. The van der Waals surface area contributed by atoms with E-state index in [1.807, 2.05) is 54.6 Å². The maximum atomic E-state index is 12.7. The topological polar surface area (TPSA) is 92.3 Å². The van der Waals surface area contributed by atoms with Gasteiger partial charge in [0.1, 0.15) is 5.75 Å². The highest BCUT2D eigenvalue weighted by Gasteiger charge is 2.11. The Hall–Kier alpha value is -4.00. The smallest absolute Gasteiger partial charge is 0.262 e. The lowest BCUT2D eigenvalue weighted by Gasteiger charge is -2.07. The maximum absolute atomic E-state index is 12.7. The van der Waals surface area contributed by atoms with Crippen LogP contribution in [0.1, 0.15) is 5.56 Å². The summed E-state index contributed by atoms with van der Waals surface area (Å²) < 4.78 is 5.19. The van der Waals surface area contributed by atoms with Crippen LogP contribution in [0.4, 0.5) is 5.95 Å². The van der Waals surface area contributed by atoms with Crippen LogP contribution >= 0.6 is 0 Å². The van der Waals surface area contributed by atoms with E-state index in [9.17, 15) is 4.79 Å². The predicted molar refractivity (Wildman–Crippen MR) is 110 cm³/mol. The van der Waals surface area contributed by atoms with Gasteiger partial charge in [0.15, 0.2) is 5.65 Å². The van der Waals surface area contributed by atoms with Gasteiger partial charge in [-0.15, -0.1) is 0 Å². The lowest BCUT2D eigenvalue weighted by Crippen LogP contribution is -2.13. The van der Waals surface area contributed by atoms with Crippen molar-refractivity contribution in [2.75, 3.05) is 12.5 Å². The second kappa shape index (κ2) is 7.71. The van der Waals surface area contributed by atoms with Crippen LogP contribution < -0.4 is 15.7 Å². The van der Waals surface area contributed by atoms with E-state index in [1.54, 1.807) is 25.6 Å². The summed E-state index contributed by atoms with van der Waals surface area (Å²) in [6, 6.07) is 18.9. The number of pyridine rings is 1. The average Bonchev–Trinajstić information content (AvgIpc) is 2.74. The minimum Gasteiger partial charge on any atom is -0.497 e. The molecule has 4 aromatic rings. The molecule has 0 aliphatic rings. The summed E-state index contributed by atoms with van der Waals surface area (Å²) in [5.41, 5.74) is 5.36. The summed E-state index contributed by atoms with van der Waals surface area (Å²) in [6.07, 6.45) is 3.27. The summed E-state index contributed by atoms with van der Waals surface area (Å²) in [4.78, 5) is 24.0. The zero-order chi connectivity index (χ0) is 19.3. The normalized spacial score (nSPS) is 11.0. The van der Waals surface area contributed by atoms with Crippen LogP contribution in [-0.4, -0.2) is 28.3 Å². The monoisotopic (exact) mass is 371 g/mol. The standard InChI is InChI=1S/C21H17N5O2/c1-28-16-9-7-15(8-10-16)17-11-12-22-19-18(17)20(27)25-21(24-19)26-23-13-14-5-3-2-4-6-14/h2-13H,1H3,(H2,22,24,25,26,27)/b23-13+. The number of benzene rings is 2. The van der Waals surface area contributed by atoms with Gasteiger partial charge in [0, 0.05) is 6.20 Å². The predicted octanol–water partition coefficient (Wildman–Crippen LogP) is 3.44. The first kappa shape index (κ1) is 17.4. The van der Waals surface area contributed by atoms with Crippen molar-refractivity contribution in [3.05, 3.63) is 82.8 Å². The molecule has 0 amide bonds. The molecule has 0 fully saturated rings. The van der Waals surface area contributed by atoms with Crippen LogP contribution in [0.5, 0.6) is 5.75 Å². The Balaban J connectivity index is 1.68. The first-order valence-corrected chi connectivity index (χ1v) is 8.62. The number of rotatable bonds is 5. The molecule has 0 saturated heterocycles. The van der Waals surface area contributed by atoms with E-state index in [2.05, 4.69) is 25.5 Å². The van der Waals surface area contributed by atoms with Crippen LogP contribution in [0, 0.1) is 0 Å². The van der Waals surface area contributed by atoms with Crippen LogP contribution in [0.15, 0.2) is 76.8 Å². The highest BCUT2D eigenvalue weighted by molar-refractivity contribution is 5.92. The Bertz CT molecular complexity index is 1190. The highest BCUT2D eigenvalue weighted by Crippen LogP contribution is 2.26. The van der Waals surface area contributed by atoms with E-state index in [0.717, 1.165) is 22.4 Å². The molecule has 7 nitrogen and oxygen atoms in total. The summed E-state index contributed by atoms with van der Waals surface area (Å²) >= 11 is 0. The van der Waals surface area contributed by atoms with E-state index in [1.165, 1.54) is 0 Å². The highest BCUT2D eigenvalue weighted by atomic mass is 16.5. The lowest BCUT2D eigenvalue weighted by molar-refractivity contribution is 0.415. The van der Waals surface area contributed by atoms with E-state index >= 15 is 0 Å². The fourth-order valence-electron chi connectivity index (χ4n) is 2.83. The molecule has 0 unspecified atom stereocenters. The number of aromatic amines is 1. The van der Waals surface area contributed by atoms with Crippen LogP contribution in [0.3, 0.4) is 0 Å². The van der Waals surface area contributed by atoms with Crippen LogP contribution in [0.25, 0.3) is 22.2 Å². The molecule has 0 saturated carbocycles. The molecule has 0 aliphatic carbocycles. The molecule has 4 rings (SSSR count). The summed E-state index contributed by atoms with van der Waals surface area (Å²) in [5, 5.41) is 4.53. The quantitative estimate of drug-likeness (QED) is 0.414. The van der Waals surface area contributed by atoms with E-state index in [-0.39, 0.29) is 11.5 Å². The molecular weight excluding hydrogens is 354 g/mol. The molecule has 0 radical (unpaired) electrons. The van der Waals surface area contributed by atoms with Crippen molar-refractivity contribution < 1.29 is 4.74 Å². The summed E-state index contributed by atoms with van der Waals surface area (Å²) in [6.45, 7) is 0. The van der Waals surface area contributed by atoms with Crippen molar-refractivity contribution >= 4 is 23.2 Å². The summed E-state index contributed by atoms with van der Waals surface area (Å²) in [7, 11) is 1.61. The van der Waals surface area contributed by atoms with Gasteiger partial charge in [0.2, 0.25) is 5.95 Å². The maximum Gasteiger partial charge on any atom is 0.262 e. The van der Waals surface area contributed by atoms with Gasteiger partial charge in [-0.3, -0.25) is 9.78 Å². The van der Waals surface area contributed by atoms with Crippen LogP contribution in [0.2, 0.25) is 0 Å². The Morgan fingerprint density at radius 2 is 1.86 bits per heavy atom. The van der Waals surface area contributed by atoms with E-state index < -0.39 is 0 Å². The number of anilines is 1. The Morgan fingerprint density at radius 3 is 2.61 bits per heavy atom. The van der Waals surface area contributed by atoms with Gasteiger partial charge in [-0.2, -0.15) is 10.1 Å². The van der Waals surface area contributed by atoms with Gasteiger partial charge in [0.25, 0.3) is 5.56 Å². The van der Waals surface area contributed by atoms with Crippen molar-refractivity contribution in [2.24, 2.45) is 5.10 Å². The van der Waals surface area contributed by atoms with Gasteiger partial charge in [-0.25, -0.2) is 10.4 Å². The molecule has 28 heavy (non-hydrogen) atoms. The van der Waals surface area contributed by atoms with Crippen molar-refractivity contribution in [3.8, 4) is 16.9 Å². The number of hydrazone groups is 1. The van der Waals surface area contributed by atoms with Gasteiger partial charge in [-0.05, 0) is 34.9 Å². The summed E-state index contributed by atoms with van der Waals surface area (Å²) in [5.74, 6) is 0.973. The largest absolute Gasteiger partial charge is 0.497 e. The second-order valence-corrected chi connectivity index (χ2v) is 5.98. The van der Waals surface area contributed by atoms with Crippen molar-refractivity contribution in [2.45, 2.75) is 0 Å². The van der Waals surface area contributed by atoms with E-state index in [4.69, 9.17) is 4.74 Å². The number of methoxy groups -OCH3 is 1. The molecule has 2 aromatic heterocycles. The third-order valence-corrected chi connectivity index (χ3v) is 4.19. The number of ether oxygens (including phenoxy) is 1. The first-order chi connectivity index (χ1) is 13.7. The van der Waals surface area contributed by atoms with Crippen LogP contribution in [-0.2, 0) is 0 Å².